The van der Waals surface area contributed by atoms with Crippen molar-refractivity contribution in [3.8, 4) is 0 Å². The maximum Gasteiger partial charge on any atom is 0.254 e. The summed E-state index contributed by atoms with van der Waals surface area (Å²) in [5, 5.41) is 11.1. The van der Waals surface area contributed by atoms with E-state index in [0.717, 1.165) is 0 Å². The van der Waals surface area contributed by atoms with E-state index in [0.29, 0.717) is 5.56 Å². The number of rotatable bonds is 3. The van der Waals surface area contributed by atoms with Crippen LogP contribution in [0, 0.1) is 0 Å². The Morgan fingerprint density at radius 3 is 3.08 bits per heavy atom. The molecule has 0 saturated heterocycles. The number of halogens is 1. The average Bonchev–Trinajstić information content (AvgIpc) is 2.15. The Bertz CT molecular complexity index is 304. The molecule has 70 valence electrons. The Kier molecular flexibility index (Phi) is 3.67. The first-order valence-corrected chi connectivity index (χ1v) is 4.13. The minimum absolute atomic E-state index is 0.0936. The summed E-state index contributed by atoms with van der Waals surface area (Å²) in [5.74, 6) is -0.327. The lowest BCUT2D eigenvalue weighted by Crippen LogP contribution is -2.26. The molecule has 1 rings (SSSR count). The summed E-state index contributed by atoms with van der Waals surface area (Å²) in [4.78, 5) is 15.0. The normalized spacial score (nSPS) is 9.69. The average molecular weight is 201 g/mol. The molecule has 0 spiro atoms. The summed E-state index contributed by atoms with van der Waals surface area (Å²) >= 11 is 5.66. The van der Waals surface area contributed by atoms with Gasteiger partial charge >= 0.3 is 0 Å². The third-order valence-corrected chi connectivity index (χ3v) is 1.70. The first-order valence-electron chi connectivity index (χ1n) is 3.75. The van der Waals surface area contributed by atoms with E-state index in [1.165, 1.54) is 6.20 Å². The van der Waals surface area contributed by atoms with Crippen LogP contribution in [0.1, 0.15) is 10.4 Å². The number of hydrogen-bond acceptors (Lipinski definition) is 3. The highest BCUT2D eigenvalue weighted by Crippen LogP contribution is 2.10. The zero-order chi connectivity index (χ0) is 9.68. The minimum Gasteiger partial charge on any atom is -0.395 e. The lowest BCUT2D eigenvalue weighted by Gasteiger charge is -2.03. The second kappa shape index (κ2) is 4.79. The van der Waals surface area contributed by atoms with Gasteiger partial charge in [0.2, 0.25) is 0 Å². The van der Waals surface area contributed by atoms with E-state index in [1.54, 1.807) is 12.1 Å². The van der Waals surface area contributed by atoms with Gasteiger partial charge in [-0.3, -0.25) is 4.79 Å². The van der Waals surface area contributed by atoms with Crippen LogP contribution < -0.4 is 5.32 Å². The number of nitrogens with zero attached hydrogens (tertiary/aromatic N) is 1. The standard InChI is InChI=1S/C8H9ClN2O2/c9-7-6(2-1-3-10-7)8(13)11-4-5-12/h1-3,12H,4-5H2,(H,11,13). The molecule has 0 fully saturated rings. The SMILES string of the molecule is O=C(NCCO)c1cccnc1Cl. The number of carbonyl (C=O) groups excluding carboxylic acids is 1. The monoisotopic (exact) mass is 200 g/mol. The molecule has 1 amide bonds. The number of aliphatic hydroxyl groups is 1. The molecule has 2 N–H and O–H groups in total. The first kappa shape index (κ1) is 9.95. The van der Waals surface area contributed by atoms with Gasteiger partial charge in [0.15, 0.2) is 0 Å². The summed E-state index contributed by atoms with van der Waals surface area (Å²) in [5.41, 5.74) is 0.317. The molecule has 1 heterocycles. The second-order valence-corrected chi connectivity index (χ2v) is 2.68. The third-order valence-electron chi connectivity index (χ3n) is 1.40. The van der Waals surface area contributed by atoms with Crippen LogP contribution in [0.3, 0.4) is 0 Å². The molecule has 0 aromatic carbocycles. The predicted octanol–water partition coefficient (Wildman–Crippen LogP) is 0.457. The molecule has 4 nitrogen and oxygen atoms in total. The molecule has 0 unspecified atom stereocenters. The summed E-state index contributed by atoms with van der Waals surface area (Å²) in [7, 11) is 0. The van der Waals surface area contributed by atoms with E-state index >= 15 is 0 Å². The van der Waals surface area contributed by atoms with Crippen molar-refractivity contribution in [3.63, 3.8) is 0 Å². The molecule has 1 aromatic heterocycles. The number of pyridine rings is 1. The topological polar surface area (TPSA) is 62.2 Å². The number of aromatic nitrogens is 1. The van der Waals surface area contributed by atoms with Gasteiger partial charge in [0.1, 0.15) is 5.15 Å². The Morgan fingerprint density at radius 1 is 1.69 bits per heavy atom. The van der Waals surface area contributed by atoms with Crippen LogP contribution in [0.2, 0.25) is 5.15 Å². The van der Waals surface area contributed by atoms with Gasteiger partial charge in [0, 0.05) is 12.7 Å². The van der Waals surface area contributed by atoms with Crippen molar-refractivity contribution in [2.75, 3.05) is 13.2 Å². The molecule has 0 atom stereocenters. The first-order chi connectivity index (χ1) is 6.25. The number of nitrogens with one attached hydrogen (secondary N) is 1. The van der Waals surface area contributed by atoms with Crippen molar-refractivity contribution < 1.29 is 9.90 Å². The summed E-state index contributed by atoms with van der Waals surface area (Å²) in [6.07, 6.45) is 1.51. The molecule has 0 radical (unpaired) electrons. The van der Waals surface area contributed by atoms with E-state index in [2.05, 4.69) is 10.3 Å². The van der Waals surface area contributed by atoms with Crippen LogP contribution in [-0.4, -0.2) is 29.1 Å². The highest BCUT2D eigenvalue weighted by atomic mass is 35.5. The fraction of sp³-hybridized carbons (Fsp3) is 0.250. The predicted molar refractivity (Wildman–Crippen MR) is 48.7 cm³/mol. The van der Waals surface area contributed by atoms with Crippen LogP contribution in [0.15, 0.2) is 18.3 Å². The number of carbonyl (C=O) groups is 1. The van der Waals surface area contributed by atoms with E-state index in [4.69, 9.17) is 16.7 Å². The Balaban J connectivity index is 2.71. The highest BCUT2D eigenvalue weighted by molar-refractivity contribution is 6.32. The smallest absolute Gasteiger partial charge is 0.254 e. The maximum atomic E-state index is 11.3. The zero-order valence-electron chi connectivity index (χ0n) is 6.83. The van der Waals surface area contributed by atoms with Crippen molar-refractivity contribution in [2.24, 2.45) is 0 Å². The largest absolute Gasteiger partial charge is 0.395 e. The fourth-order valence-corrected chi connectivity index (χ4v) is 1.03. The van der Waals surface area contributed by atoms with Gasteiger partial charge in [-0.15, -0.1) is 0 Å². The van der Waals surface area contributed by atoms with Crippen molar-refractivity contribution in [2.45, 2.75) is 0 Å². The van der Waals surface area contributed by atoms with Crippen LogP contribution in [0.5, 0.6) is 0 Å². The van der Waals surface area contributed by atoms with Gasteiger partial charge in [0.05, 0.1) is 12.2 Å². The van der Waals surface area contributed by atoms with Crippen LogP contribution in [0.4, 0.5) is 0 Å². The number of aliphatic hydroxyl groups excluding tert-OH is 1. The maximum absolute atomic E-state index is 11.3. The van der Waals surface area contributed by atoms with Crippen LogP contribution >= 0.6 is 11.6 Å². The molecule has 0 bridgehead atoms. The zero-order valence-corrected chi connectivity index (χ0v) is 7.58. The number of hydrogen-bond donors (Lipinski definition) is 2. The van der Waals surface area contributed by atoms with E-state index in [1.807, 2.05) is 0 Å². The Labute approximate surface area is 80.6 Å². The minimum atomic E-state index is -0.327. The Morgan fingerprint density at radius 2 is 2.46 bits per heavy atom. The number of amides is 1. The van der Waals surface area contributed by atoms with Gasteiger partial charge in [0.25, 0.3) is 5.91 Å². The summed E-state index contributed by atoms with van der Waals surface area (Å²) in [6.45, 7) is 0.119. The molecular formula is C8H9ClN2O2. The van der Waals surface area contributed by atoms with Gasteiger partial charge in [-0.05, 0) is 12.1 Å². The van der Waals surface area contributed by atoms with Gasteiger partial charge in [-0.2, -0.15) is 0 Å². The lowest BCUT2D eigenvalue weighted by molar-refractivity contribution is 0.0944. The van der Waals surface area contributed by atoms with E-state index in [9.17, 15) is 4.79 Å². The third kappa shape index (κ3) is 2.68. The van der Waals surface area contributed by atoms with Crippen molar-refractivity contribution in [3.05, 3.63) is 29.0 Å². The van der Waals surface area contributed by atoms with Gasteiger partial charge in [-0.1, -0.05) is 11.6 Å². The van der Waals surface area contributed by atoms with E-state index < -0.39 is 0 Å². The molecule has 13 heavy (non-hydrogen) atoms. The lowest BCUT2D eigenvalue weighted by atomic mass is 10.3. The summed E-state index contributed by atoms with van der Waals surface area (Å²) in [6, 6.07) is 3.20. The van der Waals surface area contributed by atoms with Crippen molar-refractivity contribution >= 4 is 17.5 Å². The highest BCUT2D eigenvalue weighted by Gasteiger charge is 2.08. The van der Waals surface area contributed by atoms with Crippen molar-refractivity contribution in [1.82, 2.24) is 10.3 Å². The molecular weight excluding hydrogens is 192 g/mol. The summed E-state index contributed by atoms with van der Waals surface area (Å²) < 4.78 is 0. The second-order valence-electron chi connectivity index (χ2n) is 2.32. The van der Waals surface area contributed by atoms with Crippen molar-refractivity contribution in [1.29, 1.82) is 0 Å². The van der Waals surface area contributed by atoms with Gasteiger partial charge < -0.3 is 10.4 Å². The Hall–Kier alpha value is -1.13. The van der Waals surface area contributed by atoms with Crippen LogP contribution in [-0.2, 0) is 0 Å². The molecule has 0 aliphatic rings. The quantitative estimate of drug-likeness (QED) is 0.697. The molecule has 5 heteroatoms. The van der Waals surface area contributed by atoms with E-state index in [-0.39, 0.29) is 24.2 Å². The fourth-order valence-electron chi connectivity index (χ4n) is 0.820. The van der Waals surface area contributed by atoms with Crippen LogP contribution in [0.25, 0.3) is 0 Å². The van der Waals surface area contributed by atoms with Gasteiger partial charge in [-0.25, -0.2) is 4.98 Å². The molecule has 0 aliphatic heterocycles. The molecule has 0 saturated carbocycles. The molecule has 1 aromatic rings. The molecule has 0 aliphatic carbocycles.